The van der Waals surface area contributed by atoms with Crippen LogP contribution in [-0.4, -0.2) is 21.6 Å². The topological polar surface area (TPSA) is 55.4 Å². The molecule has 124 valence electrons. The van der Waals surface area contributed by atoms with Crippen LogP contribution in [-0.2, 0) is 27.8 Å². The Kier molecular flexibility index (Phi) is 6.59. The fourth-order valence-electron chi connectivity index (χ4n) is 2.03. The Morgan fingerprint density at radius 3 is 2.43 bits per heavy atom. The standard InChI is InChI=1S/C17H20ClNO3S/c1-2-14-7-9-16(10-8-14)23(20,21)19-11-12-22-13-15-5-3-4-6-17(15)18/h3-10,19H,2,11-13H2,1H3. The highest BCUT2D eigenvalue weighted by atomic mass is 35.5. The lowest BCUT2D eigenvalue weighted by Crippen LogP contribution is -2.27. The van der Waals surface area contributed by atoms with Gasteiger partial charge < -0.3 is 4.74 Å². The number of sulfonamides is 1. The Morgan fingerprint density at radius 2 is 1.78 bits per heavy atom. The Labute approximate surface area is 142 Å². The number of benzene rings is 2. The Morgan fingerprint density at radius 1 is 1.09 bits per heavy atom. The van der Waals surface area contributed by atoms with Gasteiger partial charge in [-0.15, -0.1) is 0 Å². The quantitative estimate of drug-likeness (QED) is 0.740. The summed E-state index contributed by atoms with van der Waals surface area (Å²) in [6, 6.07) is 14.3. The van der Waals surface area contributed by atoms with Crippen molar-refractivity contribution in [1.29, 1.82) is 0 Å². The summed E-state index contributed by atoms with van der Waals surface area (Å²) >= 11 is 6.02. The predicted octanol–water partition coefficient (Wildman–Crippen LogP) is 3.40. The minimum Gasteiger partial charge on any atom is -0.375 e. The van der Waals surface area contributed by atoms with Crippen molar-refractivity contribution in [3.63, 3.8) is 0 Å². The molecule has 0 unspecified atom stereocenters. The van der Waals surface area contributed by atoms with Crippen molar-refractivity contribution in [1.82, 2.24) is 4.72 Å². The highest BCUT2D eigenvalue weighted by Gasteiger charge is 2.12. The van der Waals surface area contributed by atoms with E-state index in [0.717, 1.165) is 17.5 Å². The molecule has 2 aromatic carbocycles. The molecule has 0 saturated carbocycles. The summed E-state index contributed by atoms with van der Waals surface area (Å²) in [4.78, 5) is 0.265. The van der Waals surface area contributed by atoms with Gasteiger partial charge in [0.25, 0.3) is 0 Å². The molecule has 0 aromatic heterocycles. The van der Waals surface area contributed by atoms with E-state index in [1.165, 1.54) is 0 Å². The third kappa shape index (κ3) is 5.32. The van der Waals surface area contributed by atoms with Crippen LogP contribution in [0.25, 0.3) is 0 Å². The number of hydrogen-bond donors (Lipinski definition) is 1. The fraction of sp³-hybridized carbons (Fsp3) is 0.294. The molecule has 2 aromatic rings. The summed E-state index contributed by atoms with van der Waals surface area (Å²) < 4.78 is 32.2. The molecule has 4 nitrogen and oxygen atoms in total. The minimum absolute atomic E-state index is 0.211. The van der Waals surface area contributed by atoms with Crippen LogP contribution in [0.4, 0.5) is 0 Å². The second kappa shape index (κ2) is 8.45. The molecule has 0 bridgehead atoms. The maximum absolute atomic E-state index is 12.1. The van der Waals surface area contributed by atoms with Crippen LogP contribution in [0.15, 0.2) is 53.4 Å². The molecule has 2 rings (SSSR count). The summed E-state index contributed by atoms with van der Waals surface area (Å²) in [6.07, 6.45) is 0.879. The van der Waals surface area contributed by atoms with E-state index in [0.29, 0.717) is 11.6 Å². The Hall–Kier alpha value is -1.40. The van der Waals surface area contributed by atoms with E-state index >= 15 is 0 Å². The molecule has 0 aliphatic heterocycles. The van der Waals surface area contributed by atoms with Crippen molar-refractivity contribution in [2.75, 3.05) is 13.2 Å². The highest BCUT2D eigenvalue weighted by molar-refractivity contribution is 7.89. The molecule has 6 heteroatoms. The lowest BCUT2D eigenvalue weighted by atomic mass is 10.2. The van der Waals surface area contributed by atoms with Gasteiger partial charge in [0.05, 0.1) is 18.1 Å². The summed E-state index contributed by atoms with van der Waals surface area (Å²) in [5.74, 6) is 0. The van der Waals surface area contributed by atoms with E-state index in [2.05, 4.69) is 4.72 Å². The largest absolute Gasteiger partial charge is 0.375 e. The molecule has 0 atom stereocenters. The van der Waals surface area contributed by atoms with Gasteiger partial charge in [0.1, 0.15) is 0 Å². The number of aryl methyl sites for hydroxylation is 1. The zero-order valence-corrected chi connectivity index (χ0v) is 14.5. The van der Waals surface area contributed by atoms with Gasteiger partial charge in [0.15, 0.2) is 0 Å². The van der Waals surface area contributed by atoms with E-state index in [1.54, 1.807) is 18.2 Å². The van der Waals surface area contributed by atoms with Crippen molar-refractivity contribution in [2.24, 2.45) is 0 Å². The average molecular weight is 354 g/mol. The highest BCUT2D eigenvalue weighted by Crippen LogP contribution is 2.15. The molecule has 0 radical (unpaired) electrons. The van der Waals surface area contributed by atoms with Crippen molar-refractivity contribution in [2.45, 2.75) is 24.8 Å². The van der Waals surface area contributed by atoms with Gasteiger partial charge in [0, 0.05) is 11.6 Å². The fourth-order valence-corrected chi connectivity index (χ4v) is 3.24. The molecule has 0 fully saturated rings. The lowest BCUT2D eigenvalue weighted by molar-refractivity contribution is 0.126. The second-order valence-electron chi connectivity index (χ2n) is 5.04. The first-order chi connectivity index (χ1) is 11.0. The number of nitrogens with one attached hydrogen (secondary N) is 1. The lowest BCUT2D eigenvalue weighted by Gasteiger charge is -2.09. The van der Waals surface area contributed by atoms with Gasteiger partial charge >= 0.3 is 0 Å². The molecule has 23 heavy (non-hydrogen) atoms. The van der Waals surface area contributed by atoms with Gasteiger partial charge in [-0.3, -0.25) is 0 Å². The summed E-state index contributed by atoms with van der Waals surface area (Å²) in [6.45, 7) is 2.87. The zero-order valence-electron chi connectivity index (χ0n) is 13.0. The summed E-state index contributed by atoms with van der Waals surface area (Å²) in [5, 5.41) is 0.643. The molecule has 0 spiro atoms. The van der Waals surface area contributed by atoms with Gasteiger partial charge in [-0.25, -0.2) is 13.1 Å². The average Bonchev–Trinajstić information content (AvgIpc) is 2.56. The Balaban J connectivity index is 1.79. The first-order valence-electron chi connectivity index (χ1n) is 7.42. The number of hydrogen-bond acceptors (Lipinski definition) is 3. The smallest absolute Gasteiger partial charge is 0.240 e. The van der Waals surface area contributed by atoms with Gasteiger partial charge in [-0.05, 0) is 35.7 Å². The summed E-state index contributed by atoms with van der Waals surface area (Å²) in [7, 11) is -3.49. The first-order valence-corrected chi connectivity index (χ1v) is 9.29. The molecule has 0 saturated heterocycles. The second-order valence-corrected chi connectivity index (χ2v) is 7.21. The maximum Gasteiger partial charge on any atom is 0.240 e. The molecular formula is C17H20ClNO3S. The number of ether oxygens (including phenoxy) is 1. The zero-order chi connectivity index (χ0) is 16.7. The first kappa shape index (κ1) is 17.9. The Bertz CT molecular complexity index is 730. The van der Waals surface area contributed by atoms with Crippen molar-refractivity contribution >= 4 is 21.6 Å². The van der Waals surface area contributed by atoms with Crippen LogP contribution >= 0.6 is 11.6 Å². The molecule has 0 amide bonds. The van der Waals surface area contributed by atoms with Gasteiger partial charge in [-0.1, -0.05) is 48.9 Å². The maximum atomic E-state index is 12.1. The number of rotatable bonds is 8. The summed E-state index contributed by atoms with van der Waals surface area (Å²) in [5.41, 5.74) is 1.99. The van der Waals surface area contributed by atoms with Crippen LogP contribution in [0.5, 0.6) is 0 Å². The van der Waals surface area contributed by atoms with E-state index < -0.39 is 10.0 Å². The molecule has 0 heterocycles. The molecule has 0 aliphatic rings. The third-order valence-corrected chi connectivity index (χ3v) is 5.24. The predicted molar refractivity (Wildman–Crippen MR) is 92.1 cm³/mol. The van der Waals surface area contributed by atoms with Gasteiger partial charge in [0.2, 0.25) is 10.0 Å². The van der Waals surface area contributed by atoms with Crippen LogP contribution in [0, 0.1) is 0 Å². The van der Waals surface area contributed by atoms with Crippen molar-refractivity contribution in [3.8, 4) is 0 Å². The van der Waals surface area contributed by atoms with Crippen molar-refractivity contribution in [3.05, 3.63) is 64.7 Å². The van der Waals surface area contributed by atoms with Crippen LogP contribution in [0.1, 0.15) is 18.1 Å². The normalized spacial score (nSPS) is 11.6. The monoisotopic (exact) mass is 353 g/mol. The SMILES string of the molecule is CCc1ccc(S(=O)(=O)NCCOCc2ccccc2Cl)cc1. The molecule has 1 N–H and O–H groups in total. The molecule has 0 aliphatic carbocycles. The van der Waals surface area contributed by atoms with Crippen LogP contribution in [0.3, 0.4) is 0 Å². The van der Waals surface area contributed by atoms with E-state index in [-0.39, 0.29) is 18.0 Å². The van der Waals surface area contributed by atoms with Crippen molar-refractivity contribution < 1.29 is 13.2 Å². The molecular weight excluding hydrogens is 334 g/mol. The van der Waals surface area contributed by atoms with E-state index in [9.17, 15) is 8.42 Å². The third-order valence-electron chi connectivity index (χ3n) is 3.40. The van der Waals surface area contributed by atoms with E-state index in [4.69, 9.17) is 16.3 Å². The van der Waals surface area contributed by atoms with Crippen LogP contribution in [0.2, 0.25) is 5.02 Å². The minimum atomic E-state index is -3.49. The van der Waals surface area contributed by atoms with Crippen LogP contribution < -0.4 is 4.72 Å². The number of halogens is 1. The van der Waals surface area contributed by atoms with E-state index in [1.807, 2.05) is 37.3 Å². The van der Waals surface area contributed by atoms with Gasteiger partial charge in [-0.2, -0.15) is 0 Å².